The second-order valence-electron chi connectivity index (χ2n) is 11.0. The largest absolute Gasteiger partial charge is 0.374 e. The monoisotopic (exact) mass is 501 g/mol. The molecule has 0 aliphatic heterocycles. The molecule has 5 unspecified atom stereocenters. The molecule has 37 heavy (non-hydrogen) atoms. The topological polar surface area (TPSA) is 27.7 Å². The van der Waals surface area contributed by atoms with Crippen molar-refractivity contribution in [3.8, 4) is 0 Å². The van der Waals surface area contributed by atoms with Gasteiger partial charge in [-0.1, -0.05) is 63.3 Å². The molecule has 3 aliphatic rings. The molecule has 0 amide bonds. The summed E-state index contributed by atoms with van der Waals surface area (Å²) in [6.07, 6.45) is 18.6. The van der Waals surface area contributed by atoms with Gasteiger partial charge < -0.3 is 9.64 Å². The van der Waals surface area contributed by atoms with E-state index >= 15 is 0 Å². The Balaban J connectivity index is 1.68. The van der Waals surface area contributed by atoms with Crippen molar-refractivity contribution in [2.45, 2.75) is 66.5 Å². The number of benzene rings is 1. The maximum Gasteiger partial charge on any atom is 0.0906 e. The Morgan fingerprint density at radius 1 is 1.03 bits per heavy atom. The van der Waals surface area contributed by atoms with Crippen LogP contribution in [0.3, 0.4) is 0 Å². The molecule has 0 spiro atoms. The lowest BCUT2D eigenvalue weighted by molar-refractivity contribution is -0.0106. The molecule has 3 aliphatic carbocycles. The van der Waals surface area contributed by atoms with E-state index in [0.29, 0.717) is 23.7 Å². The van der Waals surface area contributed by atoms with Crippen molar-refractivity contribution in [3.05, 3.63) is 89.3 Å². The van der Waals surface area contributed by atoms with Crippen molar-refractivity contribution in [2.24, 2.45) is 23.7 Å². The van der Waals surface area contributed by atoms with Crippen LogP contribution in [0.5, 0.6) is 0 Å². The van der Waals surface area contributed by atoms with E-state index in [9.17, 15) is 0 Å². The Kier molecular flexibility index (Phi) is 8.82. The first-order valence-electron chi connectivity index (χ1n) is 14.3. The zero-order chi connectivity index (χ0) is 26.6. The Bertz CT molecular complexity index is 1080. The average Bonchev–Trinajstić information content (AvgIpc) is 2.91. The van der Waals surface area contributed by atoms with E-state index < -0.39 is 0 Å². The summed E-state index contributed by atoms with van der Waals surface area (Å²) in [5.74, 6) is 1.92. The second kappa shape index (κ2) is 11.9. The Hall–Kier alpha value is -2.56. The highest BCUT2D eigenvalue weighted by Gasteiger charge is 2.43. The number of hydrogen-bond donors (Lipinski definition) is 1. The molecule has 0 radical (unpaired) electrons. The van der Waals surface area contributed by atoms with Gasteiger partial charge in [0.25, 0.3) is 0 Å². The van der Waals surface area contributed by atoms with Gasteiger partial charge in [0.1, 0.15) is 0 Å². The number of rotatable bonds is 10. The number of nitrogens with zero attached hydrogens (tertiary/aromatic N) is 2. The van der Waals surface area contributed by atoms with Crippen molar-refractivity contribution < 1.29 is 4.74 Å². The summed E-state index contributed by atoms with van der Waals surface area (Å²) in [5, 5.41) is 2.33. The highest BCUT2D eigenvalue weighted by atomic mass is 16.5. The van der Waals surface area contributed by atoms with Crippen LogP contribution >= 0.6 is 0 Å². The van der Waals surface area contributed by atoms with Gasteiger partial charge >= 0.3 is 0 Å². The number of methoxy groups -OCH3 is 1. The van der Waals surface area contributed by atoms with Gasteiger partial charge in [-0.15, -0.1) is 0 Å². The molecule has 200 valence electrons. The van der Waals surface area contributed by atoms with Crippen molar-refractivity contribution >= 4 is 5.69 Å². The molecule has 0 bridgehead atoms. The Morgan fingerprint density at radius 2 is 1.76 bits per heavy atom. The summed E-state index contributed by atoms with van der Waals surface area (Å²) in [7, 11) is 1.84. The van der Waals surface area contributed by atoms with Gasteiger partial charge in [0.05, 0.1) is 17.0 Å². The van der Waals surface area contributed by atoms with Crippen LogP contribution in [-0.2, 0) is 11.3 Å². The van der Waals surface area contributed by atoms with Crippen LogP contribution in [0.2, 0.25) is 0 Å². The molecule has 1 aromatic carbocycles. The number of fused-ring (bicyclic) bond motifs is 1. The molecular formula is C33H47N3O. The van der Waals surface area contributed by atoms with Gasteiger partial charge in [-0.2, -0.15) is 0 Å². The summed E-state index contributed by atoms with van der Waals surface area (Å²) in [6.45, 7) is 16.4. The molecule has 0 saturated heterocycles. The van der Waals surface area contributed by atoms with E-state index in [1.54, 1.807) is 0 Å². The molecule has 0 heterocycles. The van der Waals surface area contributed by atoms with E-state index in [-0.39, 0.29) is 5.60 Å². The predicted molar refractivity (Wildman–Crippen MR) is 157 cm³/mol. The lowest BCUT2D eigenvalue weighted by Crippen LogP contribution is -2.46. The quantitative estimate of drug-likeness (QED) is 0.338. The highest BCUT2D eigenvalue weighted by Crippen LogP contribution is 2.45. The van der Waals surface area contributed by atoms with Crippen LogP contribution in [0.25, 0.3) is 0 Å². The van der Waals surface area contributed by atoms with Crippen molar-refractivity contribution in [1.29, 1.82) is 0 Å². The van der Waals surface area contributed by atoms with Gasteiger partial charge in [0.15, 0.2) is 0 Å². The van der Waals surface area contributed by atoms with Crippen LogP contribution in [0, 0.1) is 23.7 Å². The van der Waals surface area contributed by atoms with Gasteiger partial charge in [-0.3, -0.25) is 5.01 Å². The van der Waals surface area contributed by atoms with Crippen LogP contribution in [-0.4, -0.2) is 30.8 Å². The Morgan fingerprint density at radius 3 is 2.38 bits per heavy atom. The minimum Gasteiger partial charge on any atom is -0.374 e. The number of allylic oxidation sites excluding steroid dienone is 6. The molecule has 1 aromatic rings. The lowest BCUT2D eigenvalue weighted by Gasteiger charge is -2.45. The molecule has 5 atom stereocenters. The third-order valence-corrected chi connectivity index (χ3v) is 8.73. The smallest absolute Gasteiger partial charge is 0.0906 e. The lowest BCUT2D eigenvalue weighted by atomic mass is 9.68. The summed E-state index contributed by atoms with van der Waals surface area (Å²) in [4.78, 5) is 2.38. The molecule has 0 fully saturated rings. The van der Waals surface area contributed by atoms with Crippen molar-refractivity contribution in [3.63, 3.8) is 0 Å². The summed E-state index contributed by atoms with van der Waals surface area (Å²) in [6, 6.07) is 9.00. The molecular weight excluding hydrogens is 454 g/mol. The van der Waals surface area contributed by atoms with E-state index in [1.807, 2.05) is 7.11 Å². The molecule has 4 rings (SSSR count). The zero-order valence-corrected chi connectivity index (χ0v) is 24.0. The second-order valence-corrected chi connectivity index (χ2v) is 11.0. The summed E-state index contributed by atoms with van der Waals surface area (Å²) < 4.78 is 6.09. The number of nitrogens with one attached hydrogen (secondary N) is 1. The van der Waals surface area contributed by atoms with Gasteiger partial charge in [-0.05, 0) is 86.8 Å². The van der Waals surface area contributed by atoms with Gasteiger partial charge in [0.2, 0.25) is 0 Å². The number of hydrazine groups is 1. The fraction of sp³-hybridized carbons (Fsp3) is 0.515. The van der Waals surface area contributed by atoms with E-state index in [1.165, 1.54) is 28.2 Å². The minimum atomic E-state index is -0.299. The normalized spacial score (nSPS) is 28.8. The van der Waals surface area contributed by atoms with Crippen LogP contribution < -0.4 is 10.3 Å². The highest BCUT2D eigenvalue weighted by molar-refractivity contribution is 5.48. The fourth-order valence-corrected chi connectivity index (χ4v) is 6.32. The summed E-state index contributed by atoms with van der Waals surface area (Å²) >= 11 is 0. The van der Waals surface area contributed by atoms with Crippen LogP contribution in [0.1, 0.15) is 59.9 Å². The molecule has 1 N–H and O–H groups in total. The Labute approximate surface area is 225 Å². The third kappa shape index (κ3) is 5.66. The maximum atomic E-state index is 6.09. The number of ether oxygens (including phenoxy) is 1. The first-order valence-corrected chi connectivity index (χ1v) is 14.3. The van der Waals surface area contributed by atoms with Crippen LogP contribution in [0.4, 0.5) is 5.69 Å². The minimum absolute atomic E-state index is 0.299. The van der Waals surface area contributed by atoms with Crippen LogP contribution in [0.15, 0.2) is 83.8 Å². The van der Waals surface area contributed by atoms with E-state index in [4.69, 9.17) is 4.74 Å². The molecule has 0 saturated carbocycles. The first kappa shape index (κ1) is 27.5. The molecule has 4 heteroatoms. The fourth-order valence-electron chi connectivity index (χ4n) is 6.32. The van der Waals surface area contributed by atoms with Gasteiger partial charge in [-0.25, -0.2) is 5.43 Å². The van der Waals surface area contributed by atoms with Crippen molar-refractivity contribution in [2.75, 3.05) is 25.1 Å². The zero-order valence-electron chi connectivity index (χ0n) is 24.0. The predicted octanol–water partition coefficient (Wildman–Crippen LogP) is 7.40. The molecule has 4 nitrogen and oxygen atoms in total. The van der Waals surface area contributed by atoms with E-state index in [0.717, 1.165) is 32.5 Å². The number of anilines is 1. The maximum absolute atomic E-state index is 6.09. The van der Waals surface area contributed by atoms with Gasteiger partial charge in [0, 0.05) is 38.3 Å². The van der Waals surface area contributed by atoms with E-state index in [2.05, 4.69) is 124 Å². The SMILES string of the molecule is CCC1C=CC(N(NCc2ccc(N(CC)CC)cc2)C2=C3C=CCC(C)C3C(C)(OC)C=C2)=CC1C. The molecule has 0 aromatic heterocycles. The standard InChI is InChI=1S/C33H47N3O/c1-8-27-16-19-29(22-25(27)5)36(34-23-26-14-17-28(18-15-26)35(9-2)10-3)31-20-21-33(6,37-7)32-24(4)12-11-13-30(31)32/h11,13-22,24-25,27,32,34H,8-10,12,23H2,1-7H3. The third-order valence-electron chi connectivity index (χ3n) is 8.73. The average molecular weight is 502 g/mol. The van der Waals surface area contributed by atoms with Crippen molar-refractivity contribution in [1.82, 2.24) is 10.4 Å². The number of hydrogen-bond acceptors (Lipinski definition) is 4. The summed E-state index contributed by atoms with van der Waals surface area (Å²) in [5.41, 5.74) is 9.87. The first-order chi connectivity index (χ1) is 17.8.